The van der Waals surface area contributed by atoms with Crippen molar-refractivity contribution in [2.24, 2.45) is 0 Å². The van der Waals surface area contributed by atoms with E-state index in [-0.39, 0.29) is 5.91 Å². The average Bonchev–Trinajstić information content (AvgIpc) is 3.24. The first-order valence-electron chi connectivity index (χ1n) is 9.90. The van der Waals surface area contributed by atoms with Gasteiger partial charge in [0.1, 0.15) is 5.52 Å². The Morgan fingerprint density at radius 2 is 1.62 bits per heavy atom. The highest BCUT2D eigenvalue weighted by molar-refractivity contribution is 9.10. The van der Waals surface area contributed by atoms with E-state index in [1.165, 1.54) is 0 Å². The molecular weight excluding hydrogens is 488 g/mol. The van der Waals surface area contributed by atoms with Gasteiger partial charge in [-0.25, -0.2) is 4.98 Å². The summed E-state index contributed by atoms with van der Waals surface area (Å²) in [5, 5.41) is 3.47. The molecule has 32 heavy (non-hydrogen) atoms. The predicted molar refractivity (Wildman–Crippen MR) is 132 cm³/mol. The normalized spacial score (nSPS) is 10.9. The fraction of sp³-hybridized carbons (Fsp3) is 0. The number of anilines is 1. The molecule has 0 radical (unpaired) electrons. The SMILES string of the molecule is O=C(Nc1ccc2oc(-c3cc(Br)ccc3Cl)nc2c1)c1ccc(-c2ccccc2)cc1. The van der Waals surface area contributed by atoms with Gasteiger partial charge in [0, 0.05) is 15.7 Å². The van der Waals surface area contributed by atoms with Crippen molar-refractivity contribution in [3.63, 3.8) is 0 Å². The van der Waals surface area contributed by atoms with Crippen LogP contribution in [-0.4, -0.2) is 10.9 Å². The van der Waals surface area contributed by atoms with Crippen molar-refractivity contribution in [1.82, 2.24) is 4.98 Å². The lowest BCUT2D eigenvalue weighted by atomic mass is 10.0. The standard InChI is InChI=1S/C26H16BrClN2O2/c27-19-10-12-22(28)21(14-19)26-30-23-15-20(11-13-24(23)32-26)29-25(31)18-8-6-17(7-9-18)16-4-2-1-3-5-16/h1-15H,(H,29,31). The lowest BCUT2D eigenvalue weighted by molar-refractivity contribution is 0.102. The molecule has 4 nitrogen and oxygen atoms in total. The first kappa shape index (κ1) is 20.5. The predicted octanol–water partition coefficient (Wildman–Crippen LogP) is 7.83. The second-order valence-corrected chi connectivity index (χ2v) is 8.55. The molecule has 5 aromatic rings. The lowest BCUT2D eigenvalue weighted by Crippen LogP contribution is -2.11. The van der Waals surface area contributed by atoms with E-state index in [9.17, 15) is 4.79 Å². The molecule has 1 heterocycles. The number of fused-ring (bicyclic) bond motifs is 1. The molecular formula is C26H16BrClN2O2. The Balaban J connectivity index is 1.37. The van der Waals surface area contributed by atoms with Gasteiger partial charge < -0.3 is 9.73 Å². The minimum Gasteiger partial charge on any atom is -0.436 e. The quantitative estimate of drug-likeness (QED) is 0.272. The summed E-state index contributed by atoms with van der Waals surface area (Å²) < 4.78 is 6.74. The third kappa shape index (κ3) is 4.17. The van der Waals surface area contributed by atoms with Crippen LogP contribution in [0.5, 0.6) is 0 Å². The molecule has 0 spiro atoms. The van der Waals surface area contributed by atoms with E-state index in [1.54, 1.807) is 24.3 Å². The summed E-state index contributed by atoms with van der Waals surface area (Å²) >= 11 is 9.74. The van der Waals surface area contributed by atoms with Gasteiger partial charge in [0.2, 0.25) is 5.89 Å². The van der Waals surface area contributed by atoms with E-state index >= 15 is 0 Å². The van der Waals surface area contributed by atoms with Crippen molar-refractivity contribution < 1.29 is 9.21 Å². The molecule has 1 amide bonds. The number of carbonyl (C=O) groups excluding carboxylic acids is 1. The smallest absolute Gasteiger partial charge is 0.255 e. The van der Waals surface area contributed by atoms with Crippen molar-refractivity contribution >= 4 is 50.2 Å². The Hall–Kier alpha value is -3.41. The Bertz CT molecular complexity index is 1430. The van der Waals surface area contributed by atoms with Gasteiger partial charge in [-0.15, -0.1) is 0 Å². The maximum absolute atomic E-state index is 12.7. The monoisotopic (exact) mass is 502 g/mol. The molecule has 0 saturated carbocycles. The molecule has 0 bridgehead atoms. The van der Waals surface area contributed by atoms with Crippen LogP contribution in [0.25, 0.3) is 33.7 Å². The van der Waals surface area contributed by atoms with Crippen LogP contribution < -0.4 is 5.32 Å². The van der Waals surface area contributed by atoms with Crippen molar-refractivity contribution in [2.75, 3.05) is 5.32 Å². The first-order valence-corrected chi connectivity index (χ1v) is 11.1. The highest BCUT2D eigenvalue weighted by Crippen LogP contribution is 2.33. The van der Waals surface area contributed by atoms with E-state index < -0.39 is 0 Å². The van der Waals surface area contributed by atoms with Crippen molar-refractivity contribution in [1.29, 1.82) is 0 Å². The Kier molecular flexibility index (Phi) is 5.52. The first-order chi connectivity index (χ1) is 15.6. The highest BCUT2D eigenvalue weighted by atomic mass is 79.9. The number of hydrogen-bond donors (Lipinski definition) is 1. The molecule has 0 aliphatic rings. The van der Waals surface area contributed by atoms with Gasteiger partial charge in [0.15, 0.2) is 5.58 Å². The van der Waals surface area contributed by atoms with Crippen LogP contribution in [-0.2, 0) is 0 Å². The third-order valence-electron chi connectivity index (χ3n) is 5.06. The average molecular weight is 504 g/mol. The number of nitrogens with zero attached hydrogens (tertiary/aromatic N) is 1. The number of benzene rings is 4. The topological polar surface area (TPSA) is 55.1 Å². The Morgan fingerprint density at radius 3 is 2.41 bits per heavy atom. The molecule has 5 rings (SSSR count). The maximum atomic E-state index is 12.7. The minimum absolute atomic E-state index is 0.192. The van der Waals surface area contributed by atoms with Crippen molar-refractivity contribution in [2.45, 2.75) is 0 Å². The zero-order valence-electron chi connectivity index (χ0n) is 16.7. The molecule has 4 aromatic carbocycles. The summed E-state index contributed by atoms with van der Waals surface area (Å²) in [6.07, 6.45) is 0. The van der Waals surface area contributed by atoms with E-state index in [1.807, 2.05) is 66.7 Å². The van der Waals surface area contributed by atoms with Gasteiger partial charge >= 0.3 is 0 Å². The summed E-state index contributed by atoms with van der Waals surface area (Å²) in [6.45, 7) is 0. The van der Waals surface area contributed by atoms with E-state index in [4.69, 9.17) is 16.0 Å². The summed E-state index contributed by atoms with van der Waals surface area (Å²) in [5.41, 5.74) is 5.32. The number of amides is 1. The zero-order valence-corrected chi connectivity index (χ0v) is 19.0. The second kappa shape index (κ2) is 8.61. The van der Waals surface area contributed by atoms with E-state index in [0.717, 1.165) is 15.6 Å². The molecule has 0 saturated heterocycles. The number of carbonyl (C=O) groups is 1. The molecule has 0 fully saturated rings. The Morgan fingerprint density at radius 1 is 0.875 bits per heavy atom. The van der Waals surface area contributed by atoms with Gasteiger partial charge in [0.25, 0.3) is 5.91 Å². The van der Waals surface area contributed by atoms with Gasteiger partial charge in [-0.2, -0.15) is 0 Å². The number of halogens is 2. The largest absolute Gasteiger partial charge is 0.436 e. The van der Waals surface area contributed by atoms with E-state index in [0.29, 0.717) is 38.8 Å². The molecule has 1 N–H and O–H groups in total. The zero-order chi connectivity index (χ0) is 22.1. The number of rotatable bonds is 4. The fourth-order valence-electron chi connectivity index (χ4n) is 3.43. The van der Waals surface area contributed by atoms with Crippen LogP contribution in [0.2, 0.25) is 5.02 Å². The summed E-state index contributed by atoms with van der Waals surface area (Å²) in [4.78, 5) is 17.3. The molecule has 156 valence electrons. The highest BCUT2D eigenvalue weighted by Gasteiger charge is 2.14. The van der Waals surface area contributed by atoms with Gasteiger partial charge in [0.05, 0.1) is 10.6 Å². The Labute approximate surface area is 198 Å². The number of oxazole rings is 1. The van der Waals surface area contributed by atoms with Gasteiger partial charge in [-0.05, 0) is 59.7 Å². The van der Waals surface area contributed by atoms with Crippen LogP contribution in [0.4, 0.5) is 5.69 Å². The number of hydrogen-bond acceptors (Lipinski definition) is 3. The molecule has 0 aliphatic heterocycles. The van der Waals surface area contributed by atoms with Crippen LogP contribution in [0.1, 0.15) is 10.4 Å². The van der Waals surface area contributed by atoms with Crippen LogP contribution in [0, 0.1) is 0 Å². The molecule has 0 unspecified atom stereocenters. The van der Waals surface area contributed by atoms with Crippen molar-refractivity contribution in [3.05, 3.63) is 106 Å². The number of aromatic nitrogens is 1. The summed E-state index contributed by atoms with van der Waals surface area (Å²) in [7, 11) is 0. The second-order valence-electron chi connectivity index (χ2n) is 7.22. The lowest BCUT2D eigenvalue weighted by Gasteiger charge is -2.06. The van der Waals surface area contributed by atoms with E-state index in [2.05, 4.69) is 26.2 Å². The molecule has 0 atom stereocenters. The summed E-state index contributed by atoms with van der Waals surface area (Å²) in [6, 6.07) is 28.4. The fourth-order valence-corrected chi connectivity index (χ4v) is 3.99. The van der Waals surface area contributed by atoms with Crippen LogP contribution >= 0.6 is 27.5 Å². The molecule has 1 aromatic heterocycles. The summed E-state index contributed by atoms with van der Waals surface area (Å²) in [5.74, 6) is 0.231. The minimum atomic E-state index is -0.192. The van der Waals surface area contributed by atoms with Crippen LogP contribution in [0.3, 0.4) is 0 Å². The maximum Gasteiger partial charge on any atom is 0.255 e. The molecule has 0 aliphatic carbocycles. The number of nitrogens with one attached hydrogen (secondary N) is 1. The molecule has 6 heteroatoms. The van der Waals surface area contributed by atoms with Crippen LogP contribution in [0.15, 0.2) is 99.9 Å². The van der Waals surface area contributed by atoms with Crippen molar-refractivity contribution in [3.8, 4) is 22.6 Å². The third-order valence-corrected chi connectivity index (χ3v) is 5.88. The van der Waals surface area contributed by atoms with Gasteiger partial charge in [-0.1, -0.05) is 70.0 Å². The van der Waals surface area contributed by atoms with Gasteiger partial charge in [-0.3, -0.25) is 4.79 Å².